The van der Waals surface area contributed by atoms with Crippen molar-refractivity contribution in [2.75, 3.05) is 6.61 Å². The Balaban J connectivity index is 1.67. The number of alkyl carbamates (subject to hydrolysis) is 1. The molecule has 0 bridgehead atoms. The molecule has 6 nitrogen and oxygen atoms in total. The van der Waals surface area contributed by atoms with Gasteiger partial charge in [0.25, 0.3) is 0 Å². The normalized spacial score (nSPS) is 13.4. The van der Waals surface area contributed by atoms with E-state index in [1.807, 2.05) is 48.5 Å². The second kappa shape index (κ2) is 8.03. The second-order valence-corrected chi connectivity index (χ2v) is 6.60. The predicted molar refractivity (Wildman–Crippen MR) is 99.5 cm³/mol. The molecule has 1 aliphatic carbocycles. The minimum Gasteiger partial charge on any atom is -0.480 e. The highest BCUT2D eigenvalue weighted by Gasteiger charge is 2.29. The Morgan fingerprint density at radius 2 is 1.59 bits per heavy atom. The van der Waals surface area contributed by atoms with Crippen molar-refractivity contribution in [1.29, 1.82) is 0 Å². The lowest BCUT2D eigenvalue weighted by atomic mass is 9.98. The molecule has 0 saturated carbocycles. The molecule has 2 aromatic carbocycles. The van der Waals surface area contributed by atoms with Crippen LogP contribution in [-0.4, -0.2) is 35.6 Å². The number of ether oxygens (including phenoxy) is 1. The van der Waals surface area contributed by atoms with E-state index in [9.17, 15) is 19.5 Å². The van der Waals surface area contributed by atoms with Gasteiger partial charge in [-0.25, -0.2) is 9.59 Å². The molecule has 1 aliphatic rings. The van der Waals surface area contributed by atoms with Gasteiger partial charge in [-0.15, -0.1) is 0 Å². The smallest absolute Gasteiger partial charge is 0.407 e. The summed E-state index contributed by atoms with van der Waals surface area (Å²) in [5.74, 6) is -1.41. The third-order valence-electron chi connectivity index (χ3n) is 4.72. The summed E-state index contributed by atoms with van der Waals surface area (Å²) in [5.41, 5.74) is 4.40. The van der Waals surface area contributed by atoms with Gasteiger partial charge in [-0.2, -0.15) is 0 Å². The van der Waals surface area contributed by atoms with E-state index in [-0.39, 0.29) is 31.1 Å². The highest BCUT2D eigenvalue weighted by Crippen LogP contribution is 2.44. The number of fused-ring (bicyclic) bond motifs is 3. The number of ketones is 1. The first-order valence-corrected chi connectivity index (χ1v) is 8.81. The number of carboxylic acids is 1. The number of aliphatic carboxylic acids is 1. The Kier molecular flexibility index (Phi) is 5.54. The van der Waals surface area contributed by atoms with Crippen molar-refractivity contribution in [3.8, 4) is 11.1 Å². The van der Waals surface area contributed by atoms with Gasteiger partial charge in [0.2, 0.25) is 0 Å². The van der Waals surface area contributed by atoms with E-state index in [0.717, 1.165) is 22.3 Å². The number of carbonyl (C=O) groups excluding carboxylic acids is 2. The molecule has 6 heteroatoms. The summed E-state index contributed by atoms with van der Waals surface area (Å²) >= 11 is 0. The number of amides is 1. The fourth-order valence-corrected chi connectivity index (χ4v) is 3.39. The van der Waals surface area contributed by atoms with Gasteiger partial charge in [0.1, 0.15) is 18.4 Å². The summed E-state index contributed by atoms with van der Waals surface area (Å²) in [6.07, 6.45) is -0.678. The van der Waals surface area contributed by atoms with Crippen LogP contribution in [-0.2, 0) is 14.3 Å². The predicted octanol–water partition coefficient (Wildman–Crippen LogP) is 3.35. The average molecular weight is 367 g/mol. The topological polar surface area (TPSA) is 92.7 Å². The standard InChI is InChI=1S/C21H21NO5/c1-13(23)10-11-19(20(24)25)22-21(26)27-12-18-16-8-4-2-6-14(16)15-7-3-5-9-17(15)18/h2-9,18-19H,10-12H2,1H3,(H,22,26)(H,24,25)/t19-/m0/s1. The number of Topliss-reactive ketones (excluding diaryl/α,β-unsaturated/α-hetero) is 1. The first-order valence-electron chi connectivity index (χ1n) is 8.81. The zero-order chi connectivity index (χ0) is 19.4. The van der Waals surface area contributed by atoms with E-state index in [1.54, 1.807) is 0 Å². The van der Waals surface area contributed by atoms with Gasteiger partial charge in [-0.3, -0.25) is 0 Å². The summed E-state index contributed by atoms with van der Waals surface area (Å²) in [4.78, 5) is 34.4. The van der Waals surface area contributed by atoms with Gasteiger partial charge in [-0.1, -0.05) is 48.5 Å². The van der Waals surface area contributed by atoms with Gasteiger partial charge in [0, 0.05) is 12.3 Å². The van der Waals surface area contributed by atoms with Crippen LogP contribution in [0, 0.1) is 0 Å². The van der Waals surface area contributed by atoms with Crippen LogP contribution < -0.4 is 5.32 Å². The van der Waals surface area contributed by atoms with Crippen LogP contribution in [0.2, 0.25) is 0 Å². The van der Waals surface area contributed by atoms with E-state index in [1.165, 1.54) is 6.92 Å². The van der Waals surface area contributed by atoms with E-state index < -0.39 is 18.1 Å². The molecule has 0 heterocycles. The van der Waals surface area contributed by atoms with E-state index in [4.69, 9.17) is 4.74 Å². The van der Waals surface area contributed by atoms with Crippen molar-refractivity contribution in [3.05, 3.63) is 59.7 Å². The summed E-state index contributed by atoms with van der Waals surface area (Å²) in [7, 11) is 0. The molecule has 0 aliphatic heterocycles. The van der Waals surface area contributed by atoms with Crippen LogP contribution in [0.5, 0.6) is 0 Å². The highest BCUT2D eigenvalue weighted by atomic mass is 16.5. The lowest BCUT2D eigenvalue weighted by molar-refractivity contribution is -0.139. The average Bonchev–Trinajstić information content (AvgIpc) is 2.97. The fraction of sp³-hybridized carbons (Fsp3) is 0.286. The SMILES string of the molecule is CC(=O)CC[C@H](NC(=O)OCC1c2ccccc2-c2ccccc21)C(=O)O. The molecule has 1 atom stereocenters. The molecule has 0 unspecified atom stereocenters. The molecule has 0 spiro atoms. The number of nitrogens with one attached hydrogen (secondary N) is 1. The van der Waals surface area contributed by atoms with Gasteiger partial charge in [-0.05, 0) is 35.6 Å². The number of benzene rings is 2. The summed E-state index contributed by atoms with van der Waals surface area (Å²) in [6.45, 7) is 1.49. The lowest BCUT2D eigenvalue weighted by Crippen LogP contribution is -2.41. The van der Waals surface area contributed by atoms with Gasteiger partial charge >= 0.3 is 12.1 Å². The number of hydrogen-bond donors (Lipinski definition) is 2. The van der Waals surface area contributed by atoms with Gasteiger partial charge in [0.15, 0.2) is 0 Å². The van der Waals surface area contributed by atoms with Crippen LogP contribution in [0.25, 0.3) is 11.1 Å². The quantitative estimate of drug-likeness (QED) is 0.783. The molecule has 2 N–H and O–H groups in total. The molecule has 1 amide bonds. The minimum absolute atomic E-state index is 0.0366. The van der Waals surface area contributed by atoms with Crippen molar-refractivity contribution in [2.45, 2.75) is 31.7 Å². The highest BCUT2D eigenvalue weighted by molar-refractivity contribution is 5.82. The molecule has 2 aromatic rings. The van der Waals surface area contributed by atoms with Crippen LogP contribution >= 0.6 is 0 Å². The van der Waals surface area contributed by atoms with Crippen LogP contribution in [0.15, 0.2) is 48.5 Å². The molecule has 3 rings (SSSR count). The van der Waals surface area contributed by atoms with Gasteiger partial charge < -0.3 is 20.0 Å². The van der Waals surface area contributed by atoms with Crippen LogP contribution in [0.3, 0.4) is 0 Å². The monoisotopic (exact) mass is 367 g/mol. The van der Waals surface area contributed by atoms with Crippen LogP contribution in [0.1, 0.15) is 36.8 Å². The summed E-state index contributed by atoms with van der Waals surface area (Å²) < 4.78 is 5.33. The largest absolute Gasteiger partial charge is 0.480 e. The molecule has 0 aromatic heterocycles. The Labute approximate surface area is 157 Å². The molecule has 0 fully saturated rings. The van der Waals surface area contributed by atoms with E-state index in [2.05, 4.69) is 5.32 Å². The van der Waals surface area contributed by atoms with Crippen molar-refractivity contribution < 1.29 is 24.2 Å². The third kappa shape index (κ3) is 4.16. The first kappa shape index (κ1) is 18.6. The Morgan fingerprint density at radius 3 is 2.11 bits per heavy atom. The number of carbonyl (C=O) groups is 3. The Hall–Kier alpha value is -3.15. The summed E-state index contributed by atoms with van der Waals surface area (Å²) in [6, 6.07) is 14.8. The van der Waals surface area contributed by atoms with Crippen molar-refractivity contribution in [2.24, 2.45) is 0 Å². The molecule has 0 radical (unpaired) electrons. The first-order chi connectivity index (χ1) is 13.0. The number of carboxylic acid groups (broad SMARTS) is 1. The maximum atomic E-state index is 12.1. The zero-order valence-corrected chi connectivity index (χ0v) is 15.0. The third-order valence-corrected chi connectivity index (χ3v) is 4.72. The maximum Gasteiger partial charge on any atom is 0.407 e. The molecule has 0 saturated heterocycles. The van der Waals surface area contributed by atoms with E-state index in [0.29, 0.717) is 0 Å². The van der Waals surface area contributed by atoms with Crippen molar-refractivity contribution in [1.82, 2.24) is 5.32 Å². The van der Waals surface area contributed by atoms with E-state index >= 15 is 0 Å². The van der Waals surface area contributed by atoms with Crippen LogP contribution in [0.4, 0.5) is 4.79 Å². The molecule has 27 heavy (non-hydrogen) atoms. The summed E-state index contributed by atoms with van der Waals surface area (Å²) in [5, 5.41) is 11.5. The zero-order valence-electron chi connectivity index (χ0n) is 15.0. The lowest BCUT2D eigenvalue weighted by Gasteiger charge is -2.17. The fourth-order valence-electron chi connectivity index (χ4n) is 3.39. The second-order valence-electron chi connectivity index (χ2n) is 6.60. The Morgan fingerprint density at radius 1 is 1.04 bits per heavy atom. The molecular weight excluding hydrogens is 346 g/mol. The van der Waals surface area contributed by atoms with Crippen molar-refractivity contribution >= 4 is 17.8 Å². The van der Waals surface area contributed by atoms with Crippen molar-refractivity contribution in [3.63, 3.8) is 0 Å². The Bertz CT molecular complexity index is 831. The number of hydrogen-bond acceptors (Lipinski definition) is 4. The van der Waals surface area contributed by atoms with Gasteiger partial charge in [0.05, 0.1) is 0 Å². The number of rotatable bonds is 7. The molecular formula is C21H21NO5. The maximum absolute atomic E-state index is 12.1. The minimum atomic E-state index is -1.19. The molecule has 140 valence electrons.